The van der Waals surface area contributed by atoms with Crippen LogP contribution in [0.25, 0.3) is 17.2 Å². The summed E-state index contributed by atoms with van der Waals surface area (Å²) in [5, 5.41) is 7.23. The molecule has 11 heteroatoms. The third-order valence-corrected chi connectivity index (χ3v) is 3.13. The molecule has 5 nitrogen and oxygen atoms in total. The van der Waals surface area contributed by atoms with Crippen LogP contribution >= 0.6 is 0 Å². The normalized spacial score (nSPS) is 12.4. The Hall–Kier alpha value is -2.98. The molecule has 0 radical (unpaired) electrons. The maximum absolute atomic E-state index is 12.9. The van der Waals surface area contributed by atoms with Crippen molar-refractivity contribution in [3.05, 3.63) is 54.0 Å². The van der Waals surface area contributed by atoms with Gasteiger partial charge in [0, 0.05) is 18.0 Å². The van der Waals surface area contributed by atoms with Crippen molar-refractivity contribution in [2.45, 2.75) is 12.4 Å². The van der Waals surface area contributed by atoms with E-state index in [2.05, 4.69) is 20.3 Å². The van der Waals surface area contributed by atoms with E-state index in [1.54, 1.807) is 0 Å². The Morgan fingerprint density at radius 2 is 1.36 bits per heavy atom. The van der Waals surface area contributed by atoms with Crippen molar-refractivity contribution in [3.8, 4) is 17.2 Å². The Labute approximate surface area is 136 Å². The number of rotatable bonds is 2. The molecule has 0 fully saturated rings. The first-order valence-corrected chi connectivity index (χ1v) is 6.64. The predicted molar refractivity (Wildman–Crippen MR) is 72.4 cm³/mol. The standard InChI is InChI=1S/C14H7F6N5/c15-13(16,17)9-4-8(5-10(6-9)14(18,19)20)11-7-25(24-23-11)12-21-2-1-3-22-12/h1-7H. The molecule has 3 aromatic rings. The number of hydrogen-bond acceptors (Lipinski definition) is 4. The molecule has 0 spiro atoms. The summed E-state index contributed by atoms with van der Waals surface area (Å²) in [7, 11) is 0. The van der Waals surface area contributed by atoms with E-state index in [9.17, 15) is 26.3 Å². The molecule has 0 aliphatic rings. The molecule has 3 rings (SSSR count). The lowest BCUT2D eigenvalue weighted by molar-refractivity contribution is -0.143. The highest BCUT2D eigenvalue weighted by Gasteiger charge is 2.37. The summed E-state index contributed by atoms with van der Waals surface area (Å²) in [6.45, 7) is 0. The molecule has 0 saturated heterocycles. The van der Waals surface area contributed by atoms with E-state index < -0.39 is 23.5 Å². The van der Waals surface area contributed by atoms with Crippen molar-refractivity contribution in [2.75, 3.05) is 0 Å². The number of aromatic nitrogens is 5. The zero-order chi connectivity index (χ0) is 18.2. The van der Waals surface area contributed by atoms with Crippen LogP contribution in [0.3, 0.4) is 0 Å². The quantitative estimate of drug-likeness (QED) is 0.654. The minimum Gasteiger partial charge on any atom is -0.220 e. The van der Waals surface area contributed by atoms with E-state index in [1.807, 2.05) is 0 Å². The van der Waals surface area contributed by atoms with Crippen molar-refractivity contribution in [1.82, 2.24) is 25.0 Å². The second-order valence-corrected chi connectivity index (χ2v) is 4.89. The van der Waals surface area contributed by atoms with Gasteiger partial charge in [0.2, 0.25) is 0 Å². The zero-order valence-corrected chi connectivity index (χ0v) is 12.0. The molecule has 0 atom stereocenters. The zero-order valence-electron chi connectivity index (χ0n) is 12.0. The highest BCUT2D eigenvalue weighted by Crippen LogP contribution is 2.38. The highest BCUT2D eigenvalue weighted by atomic mass is 19.4. The lowest BCUT2D eigenvalue weighted by Gasteiger charge is -2.13. The van der Waals surface area contributed by atoms with Gasteiger partial charge in [-0.05, 0) is 24.3 Å². The first-order chi connectivity index (χ1) is 11.6. The minimum atomic E-state index is -4.94. The van der Waals surface area contributed by atoms with Gasteiger partial charge in [-0.1, -0.05) is 5.21 Å². The smallest absolute Gasteiger partial charge is 0.220 e. The third-order valence-electron chi connectivity index (χ3n) is 3.13. The van der Waals surface area contributed by atoms with Crippen LogP contribution in [-0.2, 0) is 12.4 Å². The van der Waals surface area contributed by atoms with Crippen molar-refractivity contribution >= 4 is 0 Å². The minimum absolute atomic E-state index is 0.0498. The maximum Gasteiger partial charge on any atom is 0.416 e. The Kier molecular flexibility index (Phi) is 3.93. The molecule has 130 valence electrons. The van der Waals surface area contributed by atoms with Gasteiger partial charge in [0.05, 0.1) is 17.3 Å². The summed E-state index contributed by atoms with van der Waals surface area (Å²) in [6.07, 6.45) is -5.93. The molecule has 0 N–H and O–H groups in total. The fourth-order valence-corrected chi connectivity index (χ4v) is 2.01. The van der Waals surface area contributed by atoms with Crippen LogP contribution < -0.4 is 0 Å². The monoisotopic (exact) mass is 359 g/mol. The Morgan fingerprint density at radius 3 is 1.88 bits per heavy atom. The number of hydrogen-bond donors (Lipinski definition) is 0. The van der Waals surface area contributed by atoms with Crippen LogP contribution in [0.4, 0.5) is 26.3 Å². The molecule has 0 saturated carbocycles. The van der Waals surface area contributed by atoms with Crippen LogP contribution in [0.2, 0.25) is 0 Å². The topological polar surface area (TPSA) is 56.5 Å². The van der Waals surface area contributed by atoms with Crippen LogP contribution in [0.1, 0.15) is 11.1 Å². The van der Waals surface area contributed by atoms with E-state index in [0.29, 0.717) is 12.1 Å². The van der Waals surface area contributed by atoms with Gasteiger partial charge in [-0.25, -0.2) is 9.97 Å². The summed E-state index contributed by atoms with van der Waals surface area (Å²) in [5.41, 5.74) is -3.40. The van der Waals surface area contributed by atoms with E-state index >= 15 is 0 Å². The SMILES string of the molecule is FC(F)(F)c1cc(-c2cn(-c3ncccn3)nn2)cc(C(F)(F)F)c1. The van der Waals surface area contributed by atoms with Gasteiger partial charge in [-0.15, -0.1) is 5.10 Å². The average molecular weight is 359 g/mol. The van der Waals surface area contributed by atoms with E-state index in [1.165, 1.54) is 18.5 Å². The first kappa shape index (κ1) is 16.9. The number of halogens is 6. The molecular formula is C14H7F6N5. The largest absolute Gasteiger partial charge is 0.416 e. The summed E-state index contributed by atoms with van der Waals surface area (Å²) >= 11 is 0. The van der Waals surface area contributed by atoms with Crippen LogP contribution in [-0.4, -0.2) is 25.0 Å². The fraction of sp³-hybridized carbons (Fsp3) is 0.143. The molecule has 0 aliphatic carbocycles. The van der Waals surface area contributed by atoms with Crippen LogP contribution in [0.15, 0.2) is 42.9 Å². The summed E-state index contributed by atoms with van der Waals surface area (Å²) in [5.74, 6) is 0.0734. The van der Waals surface area contributed by atoms with Gasteiger partial charge in [-0.2, -0.15) is 31.0 Å². The molecule has 2 heterocycles. The van der Waals surface area contributed by atoms with E-state index in [0.717, 1.165) is 10.9 Å². The van der Waals surface area contributed by atoms with Crippen molar-refractivity contribution < 1.29 is 26.3 Å². The molecule has 0 aliphatic heterocycles. The molecular weight excluding hydrogens is 352 g/mol. The third kappa shape index (κ3) is 3.59. The maximum atomic E-state index is 12.9. The van der Waals surface area contributed by atoms with Gasteiger partial charge < -0.3 is 0 Å². The lowest BCUT2D eigenvalue weighted by atomic mass is 10.0. The number of alkyl halides is 6. The highest BCUT2D eigenvalue weighted by molar-refractivity contribution is 5.61. The van der Waals surface area contributed by atoms with Crippen molar-refractivity contribution in [2.24, 2.45) is 0 Å². The summed E-state index contributed by atoms with van der Waals surface area (Å²) in [4.78, 5) is 7.72. The van der Waals surface area contributed by atoms with E-state index in [-0.39, 0.29) is 23.3 Å². The van der Waals surface area contributed by atoms with Gasteiger partial charge in [0.15, 0.2) is 0 Å². The van der Waals surface area contributed by atoms with Gasteiger partial charge in [0.1, 0.15) is 5.69 Å². The summed E-state index contributed by atoms with van der Waals surface area (Å²) in [6, 6.07) is 2.74. The van der Waals surface area contributed by atoms with Crippen molar-refractivity contribution in [1.29, 1.82) is 0 Å². The van der Waals surface area contributed by atoms with Gasteiger partial charge in [-0.3, -0.25) is 0 Å². The summed E-state index contributed by atoms with van der Waals surface area (Å²) < 4.78 is 78.4. The number of benzene rings is 1. The second kappa shape index (κ2) is 5.83. The molecule has 25 heavy (non-hydrogen) atoms. The molecule has 0 bridgehead atoms. The van der Waals surface area contributed by atoms with Gasteiger partial charge in [0.25, 0.3) is 5.95 Å². The Balaban J connectivity index is 2.09. The van der Waals surface area contributed by atoms with Gasteiger partial charge >= 0.3 is 12.4 Å². The molecule has 0 amide bonds. The lowest BCUT2D eigenvalue weighted by Crippen LogP contribution is -2.11. The molecule has 2 aromatic heterocycles. The van der Waals surface area contributed by atoms with Crippen LogP contribution in [0.5, 0.6) is 0 Å². The predicted octanol–water partition coefficient (Wildman–Crippen LogP) is 3.76. The first-order valence-electron chi connectivity index (χ1n) is 6.64. The molecule has 1 aromatic carbocycles. The Morgan fingerprint density at radius 1 is 0.800 bits per heavy atom. The van der Waals surface area contributed by atoms with Crippen molar-refractivity contribution in [3.63, 3.8) is 0 Å². The number of nitrogens with zero attached hydrogens (tertiary/aromatic N) is 5. The Bertz CT molecular complexity index is 852. The second-order valence-electron chi connectivity index (χ2n) is 4.89. The average Bonchev–Trinajstić information content (AvgIpc) is 3.04. The van der Waals surface area contributed by atoms with Crippen LogP contribution in [0, 0.1) is 0 Å². The molecule has 0 unspecified atom stereocenters. The van der Waals surface area contributed by atoms with E-state index in [4.69, 9.17) is 0 Å². The fourth-order valence-electron chi connectivity index (χ4n) is 2.01.